The van der Waals surface area contributed by atoms with Crippen molar-refractivity contribution in [2.24, 2.45) is 0 Å². The molecule has 1 aliphatic heterocycles. The Hall–Kier alpha value is -4.52. The third-order valence-corrected chi connectivity index (χ3v) is 5.75. The Bertz CT molecular complexity index is 1200. The zero-order valence-corrected chi connectivity index (χ0v) is 19.2. The molecule has 176 valence electrons. The molecule has 0 saturated carbocycles. The number of rotatable bonds is 6. The SMILES string of the molecule is CC=CC(=O)N(NC(=O)C(c1ccccc1)c1ccccc1)C1CC(=O)N(c2ccccc2)C1=O. The minimum absolute atomic E-state index is 0.237. The minimum atomic E-state index is -1.16. The number of carbonyl (C=O) groups excluding carboxylic acids is 4. The van der Waals surface area contributed by atoms with Crippen LogP contribution >= 0.6 is 0 Å². The smallest absolute Gasteiger partial charge is 0.265 e. The van der Waals surface area contributed by atoms with E-state index in [2.05, 4.69) is 5.43 Å². The number of para-hydroxylation sites is 1. The number of hydrogen-bond donors (Lipinski definition) is 1. The molecule has 0 spiro atoms. The summed E-state index contributed by atoms with van der Waals surface area (Å²) in [6.07, 6.45) is 2.53. The number of imide groups is 1. The fourth-order valence-electron chi connectivity index (χ4n) is 4.14. The van der Waals surface area contributed by atoms with E-state index in [4.69, 9.17) is 0 Å². The second kappa shape index (κ2) is 10.6. The van der Waals surface area contributed by atoms with E-state index in [0.717, 1.165) is 21.0 Å². The van der Waals surface area contributed by atoms with Crippen LogP contribution in [0.5, 0.6) is 0 Å². The Morgan fingerprint density at radius 2 is 1.40 bits per heavy atom. The molecule has 0 bridgehead atoms. The van der Waals surface area contributed by atoms with Crippen molar-refractivity contribution in [3.63, 3.8) is 0 Å². The van der Waals surface area contributed by atoms with E-state index >= 15 is 0 Å². The predicted molar refractivity (Wildman–Crippen MR) is 132 cm³/mol. The predicted octanol–water partition coefficient (Wildman–Crippen LogP) is 3.59. The lowest BCUT2D eigenvalue weighted by Crippen LogP contribution is -2.55. The second-order valence-corrected chi connectivity index (χ2v) is 8.06. The fourth-order valence-corrected chi connectivity index (χ4v) is 4.14. The van der Waals surface area contributed by atoms with Gasteiger partial charge in [0.2, 0.25) is 5.91 Å². The van der Waals surface area contributed by atoms with Gasteiger partial charge in [0.1, 0.15) is 6.04 Å². The van der Waals surface area contributed by atoms with Crippen LogP contribution in [0.4, 0.5) is 5.69 Å². The van der Waals surface area contributed by atoms with Crippen LogP contribution in [-0.2, 0) is 19.2 Å². The molecule has 3 aromatic rings. The number of hydrogen-bond acceptors (Lipinski definition) is 4. The van der Waals surface area contributed by atoms with E-state index in [1.165, 1.54) is 12.2 Å². The van der Waals surface area contributed by atoms with E-state index in [0.29, 0.717) is 5.69 Å². The van der Waals surface area contributed by atoms with Crippen molar-refractivity contribution in [2.45, 2.75) is 25.3 Å². The number of hydrazine groups is 1. The second-order valence-electron chi connectivity index (χ2n) is 8.06. The van der Waals surface area contributed by atoms with Gasteiger partial charge in [-0.15, -0.1) is 0 Å². The first-order chi connectivity index (χ1) is 17.0. The molecule has 3 aromatic carbocycles. The van der Waals surface area contributed by atoms with E-state index < -0.39 is 35.6 Å². The maximum atomic E-state index is 13.6. The van der Waals surface area contributed by atoms with Gasteiger partial charge in [-0.25, -0.2) is 9.91 Å². The highest BCUT2D eigenvalue weighted by molar-refractivity contribution is 6.23. The number of carbonyl (C=O) groups is 4. The molecule has 4 amide bonds. The van der Waals surface area contributed by atoms with E-state index in [-0.39, 0.29) is 6.42 Å². The third-order valence-electron chi connectivity index (χ3n) is 5.75. The lowest BCUT2D eigenvalue weighted by atomic mass is 9.91. The quantitative estimate of drug-likeness (QED) is 0.341. The molecule has 0 radical (unpaired) electrons. The molecule has 1 fully saturated rings. The third kappa shape index (κ3) is 5.04. The molecular formula is C28H25N3O4. The number of allylic oxidation sites excluding steroid dienone is 1. The highest BCUT2D eigenvalue weighted by atomic mass is 16.2. The summed E-state index contributed by atoms with van der Waals surface area (Å²) >= 11 is 0. The standard InChI is InChI=1S/C28H25N3O4/c1-2-12-24(32)31(23-19-25(33)30(28(23)35)22-17-10-5-11-18-22)29-27(34)26(20-13-6-3-7-14-20)21-15-8-4-9-16-21/h2-18,23,26H,19H2,1H3,(H,29,34). The van der Waals surface area contributed by atoms with Gasteiger partial charge in [0.25, 0.3) is 17.7 Å². The van der Waals surface area contributed by atoms with Crippen LogP contribution in [0.25, 0.3) is 0 Å². The highest BCUT2D eigenvalue weighted by Crippen LogP contribution is 2.28. The van der Waals surface area contributed by atoms with Crippen LogP contribution in [-0.4, -0.2) is 34.7 Å². The Kier molecular flexibility index (Phi) is 7.16. The number of nitrogens with one attached hydrogen (secondary N) is 1. The fraction of sp³-hybridized carbons (Fsp3) is 0.143. The van der Waals surface area contributed by atoms with Gasteiger partial charge in [-0.1, -0.05) is 84.9 Å². The molecule has 0 aromatic heterocycles. The Morgan fingerprint density at radius 1 is 0.886 bits per heavy atom. The number of amides is 4. The molecule has 7 nitrogen and oxygen atoms in total. The Labute approximate surface area is 203 Å². The van der Waals surface area contributed by atoms with Crippen molar-refractivity contribution >= 4 is 29.3 Å². The average molecular weight is 468 g/mol. The summed E-state index contributed by atoms with van der Waals surface area (Å²) in [4.78, 5) is 53.7. The average Bonchev–Trinajstić information content (AvgIpc) is 3.18. The highest BCUT2D eigenvalue weighted by Gasteiger charge is 2.45. The first kappa shape index (κ1) is 23.6. The van der Waals surface area contributed by atoms with Gasteiger partial charge in [0, 0.05) is 6.08 Å². The molecule has 35 heavy (non-hydrogen) atoms. The Morgan fingerprint density at radius 3 is 1.91 bits per heavy atom. The van der Waals surface area contributed by atoms with Crippen molar-refractivity contribution in [1.29, 1.82) is 0 Å². The van der Waals surface area contributed by atoms with E-state index in [1.54, 1.807) is 37.3 Å². The Balaban J connectivity index is 1.67. The zero-order valence-electron chi connectivity index (χ0n) is 19.2. The van der Waals surface area contributed by atoms with Crippen molar-refractivity contribution < 1.29 is 19.2 Å². The van der Waals surface area contributed by atoms with Crippen LogP contribution in [0, 0.1) is 0 Å². The largest absolute Gasteiger partial charge is 0.274 e. The van der Waals surface area contributed by atoms with Gasteiger partial charge in [-0.2, -0.15) is 0 Å². The summed E-state index contributed by atoms with van der Waals surface area (Å²) in [7, 11) is 0. The molecular weight excluding hydrogens is 442 g/mol. The van der Waals surface area contributed by atoms with Crippen molar-refractivity contribution in [3.8, 4) is 0 Å². The van der Waals surface area contributed by atoms with E-state index in [9.17, 15) is 19.2 Å². The number of anilines is 1. The van der Waals surface area contributed by atoms with Crippen molar-refractivity contribution in [3.05, 3.63) is 114 Å². The van der Waals surface area contributed by atoms with Gasteiger partial charge >= 0.3 is 0 Å². The first-order valence-corrected chi connectivity index (χ1v) is 11.3. The van der Waals surface area contributed by atoms with Crippen LogP contribution in [0.15, 0.2) is 103 Å². The summed E-state index contributed by atoms with van der Waals surface area (Å²) in [6, 6.07) is 25.7. The molecule has 1 N–H and O–H groups in total. The topological polar surface area (TPSA) is 86.8 Å². The summed E-state index contributed by atoms with van der Waals surface area (Å²) in [5, 5.41) is 0.977. The van der Waals surface area contributed by atoms with Gasteiger partial charge in [0.05, 0.1) is 18.0 Å². The van der Waals surface area contributed by atoms with Gasteiger partial charge < -0.3 is 0 Å². The zero-order chi connectivity index (χ0) is 24.8. The van der Waals surface area contributed by atoms with Gasteiger partial charge in [0.15, 0.2) is 0 Å². The van der Waals surface area contributed by atoms with Crippen LogP contribution < -0.4 is 10.3 Å². The number of benzene rings is 3. The lowest BCUT2D eigenvalue weighted by molar-refractivity contribution is -0.144. The van der Waals surface area contributed by atoms with E-state index in [1.807, 2.05) is 60.7 Å². The van der Waals surface area contributed by atoms with Crippen molar-refractivity contribution in [1.82, 2.24) is 10.4 Å². The molecule has 1 saturated heterocycles. The maximum absolute atomic E-state index is 13.6. The molecule has 0 aliphatic carbocycles. The van der Waals surface area contributed by atoms with Crippen molar-refractivity contribution in [2.75, 3.05) is 4.90 Å². The molecule has 1 atom stereocenters. The van der Waals surface area contributed by atoms with Crippen LogP contribution in [0.1, 0.15) is 30.4 Å². The maximum Gasteiger partial charge on any atom is 0.265 e. The van der Waals surface area contributed by atoms with Gasteiger partial charge in [-0.05, 0) is 30.2 Å². The normalized spacial score (nSPS) is 15.6. The summed E-state index contributed by atoms with van der Waals surface area (Å²) in [5.41, 5.74) is 4.54. The van der Waals surface area contributed by atoms with Crippen LogP contribution in [0.3, 0.4) is 0 Å². The summed E-state index contributed by atoms with van der Waals surface area (Å²) in [6.45, 7) is 1.66. The molecule has 7 heteroatoms. The first-order valence-electron chi connectivity index (χ1n) is 11.3. The summed E-state index contributed by atoms with van der Waals surface area (Å²) in [5.74, 6) is -2.83. The molecule has 1 aliphatic rings. The number of nitrogens with zero attached hydrogens (tertiary/aromatic N) is 2. The lowest BCUT2D eigenvalue weighted by Gasteiger charge is -2.29. The molecule has 1 unspecified atom stereocenters. The monoisotopic (exact) mass is 467 g/mol. The van der Waals surface area contributed by atoms with Gasteiger partial charge in [-0.3, -0.25) is 24.6 Å². The molecule has 1 heterocycles. The minimum Gasteiger partial charge on any atom is -0.274 e. The van der Waals surface area contributed by atoms with Crippen LogP contribution in [0.2, 0.25) is 0 Å². The summed E-state index contributed by atoms with van der Waals surface area (Å²) < 4.78 is 0. The molecule has 4 rings (SSSR count).